The largest absolute Gasteiger partial charge is 0.391 e. The number of nitrogens with one attached hydrogen (secondary N) is 1. The number of hydrogen-bond acceptors (Lipinski definition) is 7. The number of anilines is 1. The van der Waals surface area contributed by atoms with Crippen LogP contribution in [-0.2, 0) is 10.0 Å². The molecule has 0 aliphatic carbocycles. The summed E-state index contributed by atoms with van der Waals surface area (Å²) in [6, 6.07) is 0. The van der Waals surface area contributed by atoms with E-state index in [4.69, 9.17) is 0 Å². The van der Waals surface area contributed by atoms with E-state index in [0.29, 0.717) is 10.8 Å². The minimum atomic E-state index is -3.42. The van der Waals surface area contributed by atoms with E-state index in [1.807, 2.05) is 0 Å². The number of sulfonamides is 1. The molecule has 1 aliphatic heterocycles. The van der Waals surface area contributed by atoms with Gasteiger partial charge in [-0.2, -0.15) is 0 Å². The van der Waals surface area contributed by atoms with Crippen LogP contribution in [0.1, 0.15) is 10.5 Å². The van der Waals surface area contributed by atoms with Crippen molar-refractivity contribution >= 4 is 32.4 Å². The smallest absolute Gasteiger partial charge is 0.273 e. The summed E-state index contributed by atoms with van der Waals surface area (Å²) in [6.45, 7) is 0.332. The fourth-order valence-electron chi connectivity index (χ4n) is 2.25. The Morgan fingerprint density at radius 2 is 2.23 bits per heavy atom. The van der Waals surface area contributed by atoms with Gasteiger partial charge in [-0.15, -0.1) is 11.3 Å². The van der Waals surface area contributed by atoms with Crippen molar-refractivity contribution < 1.29 is 18.3 Å². The highest BCUT2D eigenvalue weighted by atomic mass is 32.2. The topological polar surface area (TPSA) is 103 Å². The highest BCUT2D eigenvalue weighted by Gasteiger charge is 2.38. The summed E-state index contributed by atoms with van der Waals surface area (Å²) in [6.07, 6.45) is -0.846. The predicted molar refractivity (Wildman–Crippen MR) is 84.5 cm³/mol. The summed E-state index contributed by atoms with van der Waals surface area (Å²) >= 11 is 1.32. The van der Waals surface area contributed by atoms with Gasteiger partial charge < -0.3 is 15.3 Å². The molecule has 2 N–H and O–H groups in total. The van der Waals surface area contributed by atoms with Crippen LogP contribution in [0.5, 0.6) is 0 Å². The number of carbonyl (C=O) groups excluding carboxylic acids is 1. The molecule has 1 aliphatic rings. The van der Waals surface area contributed by atoms with Gasteiger partial charge in [0.1, 0.15) is 5.69 Å². The number of amides is 1. The molecule has 10 heteroatoms. The molecule has 1 fully saturated rings. The molecule has 0 aromatic carbocycles. The van der Waals surface area contributed by atoms with E-state index in [9.17, 15) is 18.3 Å². The van der Waals surface area contributed by atoms with Crippen molar-refractivity contribution in [3.63, 3.8) is 0 Å². The first-order chi connectivity index (χ1) is 10.2. The molecule has 2 heterocycles. The SMILES string of the molecule is CNc1nc(C(=O)N2C[C@@H](CS(=O)(=O)N(C)C)[C@H](O)C2)cs1. The number of carbonyl (C=O) groups is 1. The summed E-state index contributed by atoms with van der Waals surface area (Å²) in [5.74, 6) is -0.954. The zero-order chi connectivity index (χ0) is 16.5. The van der Waals surface area contributed by atoms with E-state index in [0.717, 1.165) is 4.31 Å². The van der Waals surface area contributed by atoms with Crippen LogP contribution in [0.15, 0.2) is 5.38 Å². The molecule has 0 spiro atoms. The van der Waals surface area contributed by atoms with Gasteiger partial charge in [-0.1, -0.05) is 0 Å². The van der Waals surface area contributed by atoms with Crippen molar-refractivity contribution in [1.82, 2.24) is 14.2 Å². The number of rotatable bonds is 5. The maximum absolute atomic E-state index is 12.3. The Kier molecular flexibility index (Phi) is 5.05. The molecule has 1 amide bonds. The zero-order valence-electron chi connectivity index (χ0n) is 12.7. The number of aromatic nitrogens is 1. The molecule has 1 aromatic heterocycles. The van der Waals surface area contributed by atoms with Gasteiger partial charge in [0.2, 0.25) is 10.0 Å². The summed E-state index contributed by atoms with van der Waals surface area (Å²) in [5, 5.41) is 15.2. The molecule has 0 saturated carbocycles. The molecule has 2 atom stereocenters. The van der Waals surface area contributed by atoms with Gasteiger partial charge in [0.15, 0.2) is 5.13 Å². The van der Waals surface area contributed by atoms with Gasteiger partial charge >= 0.3 is 0 Å². The Morgan fingerprint density at radius 3 is 2.77 bits per heavy atom. The number of hydrogen-bond donors (Lipinski definition) is 2. The molecule has 0 bridgehead atoms. The third kappa shape index (κ3) is 3.57. The molecule has 124 valence electrons. The molecular formula is C12H20N4O4S2. The van der Waals surface area contributed by atoms with Crippen LogP contribution in [0.25, 0.3) is 0 Å². The normalized spacial score (nSPS) is 22.3. The third-order valence-electron chi connectivity index (χ3n) is 3.61. The van der Waals surface area contributed by atoms with Crippen LogP contribution in [-0.4, -0.2) is 79.7 Å². The molecule has 22 heavy (non-hydrogen) atoms. The number of nitrogens with zero attached hydrogens (tertiary/aromatic N) is 3. The van der Waals surface area contributed by atoms with Gasteiger partial charge in [0.05, 0.1) is 11.9 Å². The average Bonchev–Trinajstić information content (AvgIpc) is 3.05. The maximum Gasteiger partial charge on any atom is 0.273 e. The minimum Gasteiger partial charge on any atom is -0.391 e. The lowest BCUT2D eigenvalue weighted by atomic mass is 10.1. The standard InChI is InChI=1S/C12H20N4O4S2/c1-13-12-14-9(6-21-12)11(18)16-4-8(10(17)5-16)7-22(19,20)15(2)3/h6,8,10,17H,4-5,7H2,1-3H3,(H,13,14)/t8-,10+/m0/s1. The number of aliphatic hydroxyl groups excluding tert-OH is 1. The van der Waals surface area contributed by atoms with Gasteiger partial charge in [0, 0.05) is 45.5 Å². The van der Waals surface area contributed by atoms with Crippen LogP contribution in [0.4, 0.5) is 5.13 Å². The van der Waals surface area contributed by atoms with E-state index in [1.165, 1.54) is 30.3 Å². The van der Waals surface area contributed by atoms with Gasteiger partial charge in [-0.3, -0.25) is 4.79 Å². The van der Waals surface area contributed by atoms with Gasteiger partial charge in [-0.25, -0.2) is 17.7 Å². The van der Waals surface area contributed by atoms with E-state index in [-0.39, 0.29) is 24.7 Å². The predicted octanol–water partition coefficient (Wildman–Crippen LogP) is -0.491. The third-order valence-corrected chi connectivity index (χ3v) is 6.43. The van der Waals surface area contributed by atoms with Gasteiger partial charge in [-0.05, 0) is 0 Å². The molecule has 2 rings (SSSR count). The fourth-order valence-corrected chi connectivity index (χ4v) is 4.06. The quantitative estimate of drug-likeness (QED) is 0.744. The highest BCUT2D eigenvalue weighted by molar-refractivity contribution is 7.89. The monoisotopic (exact) mass is 348 g/mol. The summed E-state index contributed by atoms with van der Waals surface area (Å²) in [5.41, 5.74) is 0.303. The van der Waals surface area contributed by atoms with E-state index in [2.05, 4.69) is 10.3 Å². The molecule has 1 aromatic rings. The van der Waals surface area contributed by atoms with Crippen LogP contribution in [0.2, 0.25) is 0 Å². The second kappa shape index (κ2) is 6.49. The Balaban J connectivity index is 2.05. The van der Waals surface area contributed by atoms with Crippen molar-refractivity contribution in [3.05, 3.63) is 11.1 Å². The Bertz CT molecular complexity index is 643. The van der Waals surface area contributed by atoms with Crippen molar-refractivity contribution in [3.8, 4) is 0 Å². The molecule has 0 radical (unpaired) electrons. The van der Waals surface area contributed by atoms with Crippen LogP contribution in [0, 0.1) is 5.92 Å². The summed E-state index contributed by atoms with van der Waals surface area (Å²) in [7, 11) is 1.21. The molecule has 1 saturated heterocycles. The van der Waals surface area contributed by atoms with E-state index in [1.54, 1.807) is 12.4 Å². The highest BCUT2D eigenvalue weighted by Crippen LogP contribution is 2.23. The number of likely N-dealkylation sites (tertiary alicyclic amines) is 1. The summed E-state index contributed by atoms with van der Waals surface area (Å²) in [4.78, 5) is 17.9. The van der Waals surface area contributed by atoms with Crippen molar-refractivity contribution in [1.29, 1.82) is 0 Å². The second-order valence-corrected chi connectivity index (χ2v) is 8.47. The number of aliphatic hydroxyl groups is 1. The molecule has 0 unspecified atom stereocenters. The Hall–Kier alpha value is -1.23. The Labute approximate surface area is 133 Å². The first kappa shape index (κ1) is 17.1. The maximum atomic E-state index is 12.3. The van der Waals surface area contributed by atoms with Gasteiger partial charge in [0.25, 0.3) is 5.91 Å². The summed E-state index contributed by atoms with van der Waals surface area (Å²) < 4.78 is 25.0. The Morgan fingerprint density at radius 1 is 1.55 bits per heavy atom. The lowest BCUT2D eigenvalue weighted by Crippen LogP contribution is -2.33. The van der Waals surface area contributed by atoms with Crippen molar-refractivity contribution in [2.24, 2.45) is 5.92 Å². The minimum absolute atomic E-state index is 0.124. The average molecular weight is 348 g/mol. The lowest BCUT2D eigenvalue weighted by molar-refractivity contribution is 0.0760. The van der Waals surface area contributed by atoms with E-state index >= 15 is 0 Å². The molecule has 8 nitrogen and oxygen atoms in total. The van der Waals surface area contributed by atoms with Crippen LogP contribution in [0.3, 0.4) is 0 Å². The van der Waals surface area contributed by atoms with E-state index < -0.39 is 22.0 Å². The first-order valence-electron chi connectivity index (χ1n) is 6.75. The van der Waals surface area contributed by atoms with Crippen molar-refractivity contribution in [2.75, 3.05) is 45.3 Å². The van der Waals surface area contributed by atoms with Crippen LogP contribution >= 0.6 is 11.3 Å². The van der Waals surface area contributed by atoms with Crippen LogP contribution < -0.4 is 5.32 Å². The molecular weight excluding hydrogens is 328 g/mol. The number of β-amino-alcohol motifs (C(OH)–C–C–N with tert-alkyl or cyclic N) is 1. The second-order valence-electron chi connectivity index (χ2n) is 5.39. The number of thiazole rings is 1. The fraction of sp³-hybridized carbons (Fsp3) is 0.667. The van der Waals surface area contributed by atoms with Crippen molar-refractivity contribution in [2.45, 2.75) is 6.10 Å². The zero-order valence-corrected chi connectivity index (χ0v) is 14.3. The first-order valence-corrected chi connectivity index (χ1v) is 9.24. The lowest BCUT2D eigenvalue weighted by Gasteiger charge is -2.17.